The van der Waals surface area contributed by atoms with E-state index in [4.69, 9.17) is 9.47 Å². The van der Waals surface area contributed by atoms with Gasteiger partial charge in [-0.2, -0.15) is 0 Å². The Hall–Kier alpha value is -2.49. The Morgan fingerprint density at radius 2 is 1.82 bits per heavy atom. The first-order valence-corrected chi connectivity index (χ1v) is 14.3. The van der Waals surface area contributed by atoms with E-state index in [9.17, 15) is 14.4 Å². The van der Waals surface area contributed by atoms with Gasteiger partial charge in [0, 0.05) is 50.1 Å². The van der Waals surface area contributed by atoms with Gasteiger partial charge in [-0.15, -0.1) is 0 Å². The highest BCUT2D eigenvalue weighted by molar-refractivity contribution is 5.99. The molecule has 4 aliphatic rings. The lowest BCUT2D eigenvalue weighted by Gasteiger charge is -2.43. The van der Waals surface area contributed by atoms with E-state index in [0.717, 1.165) is 37.9 Å². The second kappa shape index (κ2) is 11.7. The van der Waals surface area contributed by atoms with E-state index in [1.54, 1.807) is 4.90 Å². The summed E-state index contributed by atoms with van der Waals surface area (Å²) in [5, 5.41) is 2.97. The molecule has 3 saturated heterocycles. The Morgan fingerprint density at radius 3 is 2.42 bits per heavy atom. The van der Waals surface area contributed by atoms with Crippen molar-refractivity contribution in [3.05, 3.63) is 29.8 Å². The van der Waals surface area contributed by atoms with E-state index >= 15 is 0 Å². The van der Waals surface area contributed by atoms with Crippen LogP contribution in [0.1, 0.15) is 56.8 Å². The summed E-state index contributed by atoms with van der Waals surface area (Å²) >= 11 is 0. The molecule has 1 aromatic rings. The maximum Gasteiger partial charge on any atom is 0.251 e. The third-order valence-electron chi connectivity index (χ3n) is 8.51. The van der Waals surface area contributed by atoms with Crippen molar-refractivity contribution in [1.29, 1.82) is 0 Å². The van der Waals surface area contributed by atoms with Crippen LogP contribution in [0.5, 0.6) is 0 Å². The first-order chi connectivity index (χ1) is 18.4. The van der Waals surface area contributed by atoms with E-state index < -0.39 is 18.2 Å². The highest BCUT2D eigenvalue weighted by Gasteiger charge is 2.53. The van der Waals surface area contributed by atoms with Crippen LogP contribution in [0.3, 0.4) is 0 Å². The van der Waals surface area contributed by atoms with Crippen molar-refractivity contribution < 1.29 is 23.9 Å². The molecule has 1 unspecified atom stereocenters. The van der Waals surface area contributed by atoms with Crippen molar-refractivity contribution in [2.24, 2.45) is 5.92 Å². The molecule has 1 aromatic carbocycles. The molecule has 38 heavy (non-hydrogen) atoms. The van der Waals surface area contributed by atoms with E-state index in [0.29, 0.717) is 25.1 Å². The molecule has 208 valence electrons. The van der Waals surface area contributed by atoms with Crippen molar-refractivity contribution in [3.8, 4) is 0 Å². The van der Waals surface area contributed by atoms with E-state index in [-0.39, 0.29) is 36.2 Å². The van der Waals surface area contributed by atoms with Crippen LogP contribution < -0.4 is 10.2 Å². The van der Waals surface area contributed by atoms with Gasteiger partial charge in [0.05, 0.1) is 6.54 Å². The quantitative estimate of drug-likeness (QED) is 0.527. The molecule has 3 aliphatic heterocycles. The normalized spacial score (nSPS) is 26.9. The molecule has 3 heterocycles. The van der Waals surface area contributed by atoms with Gasteiger partial charge in [-0.1, -0.05) is 20.3 Å². The maximum absolute atomic E-state index is 13.7. The Kier molecular flexibility index (Phi) is 8.35. The minimum atomic E-state index is -0.726. The molecule has 5 rings (SSSR count). The predicted molar refractivity (Wildman–Crippen MR) is 144 cm³/mol. The number of nitrogens with one attached hydrogen (secondary N) is 1. The number of Topliss-reactive ketones (excluding diaryl/α,β-unsaturated/α-hetero) is 1. The lowest BCUT2D eigenvalue weighted by molar-refractivity contribution is -0.138. The Bertz CT molecular complexity index is 1000. The fourth-order valence-electron chi connectivity index (χ4n) is 6.26. The number of ether oxygens (including phenoxy) is 2. The van der Waals surface area contributed by atoms with Crippen LogP contribution in [0.2, 0.25) is 0 Å². The molecule has 1 N–H and O–H groups in total. The molecule has 2 amide bonds. The molecule has 1 saturated carbocycles. The maximum atomic E-state index is 13.7. The zero-order valence-electron chi connectivity index (χ0n) is 22.9. The van der Waals surface area contributed by atoms with Gasteiger partial charge >= 0.3 is 0 Å². The summed E-state index contributed by atoms with van der Waals surface area (Å²) in [7, 11) is 0. The highest BCUT2D eigenvalue weighted by Crippen LogP contribution is 2.31. The van der Waals surface area contributed by atoms with Crippen LogP contribution >= 0.6 is 0 Å². The molecule has 9 heteroatoms. The van der Waals surface area contributed by atoms with Gasteiger partial charge in [-0.25, -0.2) is 0 Å². The third kappa shape index (κ3) is 5.60. The van der Waals surface area contributed by atoms with Gasteiger partial charge in [0.2, 0.25) is 5.91 Å². The Labute approximate surface area is 225 Å². The fourth-order valence-corrected chi connectivity index (χ4v) is 6.26. The van der Waals surface area contributed by atoms with Gasteiger partial charge in [-0.3, -0.25) is 19.3 Å². The summed E-state index contributed by atoms with van der Waals surface area (Å²) in [6.45, 7) is 10.9. The Balaban J connectivity index is 1.22. The number of ketones is 1. The first kappa shape index (κ1) is 27.1. The first-order valence-electron chi connectivity index (χ1n) is 14.3. The molecule has 0 radical (unpaired) electrons. The monoisotopic (exact) mass is 526 g/mol. The van der Waals surface area contributed by atoms with Crippen LogP contribution in [0.15, 0.2) is 24.3 Å². The molecular weight excluding hydrogens is 484 g/mol. The molecular formula is C29H42N4O5. The number of hydrogen-bond acceptors (Lipinski definition) is 7. The largest absolute Gasteiger partial charge is 0.374 e. The molecule has 1 aliphatic carbocycles. The number of hydrogen-bond donors (Lipinski definition) is 1. The van der Waals surface area contributed by atoms with Gasteiger partial charge in [0.1, 0.15) is 30.9 Å². The number of anilines is 1. The second-order valence-electron chi connectivity index (χ2n) is 11.5. The topological polar surface area (TPSA) is 91.4 Å². The summed E-state index contributed by atoms with van der Waals surface area (Å²) in [5.41, 5.74) is 1.64. The third-order valence-corrected chi connectivity index (χ3v) is 8.51. The number of likely N-dealkylation sites (tertiary alicyclic amines) is 1. The number of carbonyl (C=O) groups is 3. The number of benzene rings is 1. The van der Waals surface area contributed by atoms with Gasteiger partial charge in [0.25, 0.3) is 5.91 Å². The van der Waals surface area contributed by atoms with E-state index in [1.165, 1.54) is 19.3 Å². The van der Waals surface area contributed by atoms with Gasteiger partial charge in [0.15, 0.2) is 5.78 Å². The average Bonchev–Trinajstić information content (AvgIpc) is 3.43. The lowest BCUT2D eigenvalue weighted by atomic mass is 9.91. The average molecular weight is 527 g/mol. The minimum Gasteiger partial charge on any atom is -0.374 e. The highest BCUT2D eigenvalue weighted by atomic mass is 16.6. The van der Waals surface area contributed by atoms with Crippen molar-refractivity contribution in [2.75, 3.05) is 50.8 Å². The molecule has 0 spiro atoms. The minimum absolute atomic E-state index is 0.00806. The summed E-state index contributed by atoms with van der Waals surface area (Å²) in [5.74, 6) is -0.452. The van der Waals surface area contributed by atoms with Crippen LogP contribution in [-0.2, 0) is 19.1 Å². The number of piperazine rings is 1. The predicted octanol–water partition coefficient (Wildman–Crippen LogP) is 2.09. The number of amides is 2. The van der Waals surface area contributed by atoms with Crippen LogP contribution in [0, 0.1) is 5.92 Å². The van der Waals surface area contributed by atoms with Crippen LogP contribution in [-0.4, -0.2) is 104 Å². The molecule has 9 nitrogen and oxygen atoms in total. The number of rotatable bonds is 9. The standard InChI is InChI=1S/C29H42N4O5/c1-4-37-25-17-33(26-24(34)18-38-27(25)26)29(36)23(16-19(2)3)30-28(35)20-8-10-22(11-9-20)32-14-12-31(13-15-32)21-6-5-7-21/h8-11,19,21,23,25-27H,4-7,12-18H2,1-3H3,(H,30,35)/t23?,25-,26+,27+/m0/s1. The number of fused-ring (bicyclic) bond motifs is 1. The van der Waals surface area contributed by atoms with Crippen molar-refractivity contribution in [2.45, 2.75) is 76.8 Å². The van der Waals surface area contributed by atoms with Crippen LogP contribution in [0.4, 0.5) is 5.69 Å². The molecule has 4 atom stereocenters. The van der Waals surface area contributed by atoms with Crippen LogP contribution in [0.25, 0.3) is 0 Å². The summed E-state index contributed by atoms with van der Waals surface area (Å²) < 4.78 is 11.4. The second-order valence-corrected chi connectivity index (χ2v) is 11.5. The summed E-state index contributed by atoms with van der Waals surface area (Å²) in [6, 6.07) is 7.08. The van der Waals surface area contributed by atoms with Crippen molar-refractivity contribution in [3.63, 3.8) is 0 Å². The summed E-state index contributed by atoms with van der Waals surface area (Å²) in [6.07, 6.45) is 3.73. The molecule has 4 fully saturated rings. The van der Waals surface area contributed by atoms with Crippen molar-refractivity contribution >= 4 is 23.3 Å². The summed E-state index contributed by atoms with van der Waals surface area (Å²) in [4.78, 5) is 46.1. The Morgan fingerprint density at radius 1 is 1.11 bits per heavy atom. The fraction of sp³-hybridized carbons (Fsp3) is 0.690. The molecule has 0 aromatic heterocycles. The molecule has 0 bridgehead atoms. The van der Waals surface area contributed by atoms with E-state index in [1.807, 2.05) is 45.0 Å². The smallest absolute Gasteiger partial charge is 0.251 e. The van der Waals surface area contributed by atoms with Gasteiger partial charge in [-0.05, 0) is 56.4 Å². The lowest BCUT2D eigenvalue weighted by Crippen LogP contribution is -2.52. The van der Waals surface area contributed by atoms with E-state index in [2.05, 4.69) is 15.1 Å². The van der Waals surface area contributed by atoms with Crippen molar-refractivity contribution in [1.82, 2.24) is 15.1 Å². The SMILES string of the molecule is CCO[C@H]1CN(C(=O)C(CC(C)C)NC(=O)c2ccc(N3CCN(C4CCC4)CC3)cc2)[C@@H]2C(=O)CO[C@H]12. The number of nitrogens with zero attached hydrogens (tertiary/aromatic N) is 3. The zero-order chi connectivity index (χ0) is 26.8. The van der Waals surface area contributed by atoms with Gasteiger partial charge < -0.3 is 24.6 Å². The number of carbonyl (C=O) groups excluding carboxylic acids is 3. The zero-order valence-corrected chi connectivity index (χ0v) is 22.9.